The molecule has 0 unspecified atom stereocenters. The molecule has 2 aromatic rings. The number of aromatic nitrogens is 2. The van der Waals surface area contributed by atoms with E-state index in [0.717, 1.165) is 12.8 Å². The highest BCUT2D eigenvalue weighted by Crippen LogP contribution is 2.33. The van der Waals surface area contributed by atoms with E-state index in [1.165, 1.54) is 10.6 Å². The highest BCUT2D eigenvalue weighted by atomic mass is 32.2. The summed E-state index contributed by atoms with van der Waals surface area (Å²) in [5.41, 5.74) is 0.714. The van der Waals surface area contributed by atoms with Crippen molar-refractivity contribution in [3.05, 3.63) is 48.4 Å². The maximum Gasteiger partial charge on any atom is 0.262 e. The number of hydrogen-bond donors (Lipinski definition) is 1. The van der Waals surface area contributed by atoms with Gasteiger partial charge in [-0.3, -0.25) is 0 Å². The van der Waals surface area contributed by atoms with E-state index < -0.39 is 16.1 Å². The Hall–Kier alpha value is -1.70. The summed E-state index contributed by atoms with van der Waals surface area (Å²) >= 11 is 0. The lowest BCUT2D eigenvalue weighted by Crippen LogP contribution is -2.36. The first-order valence-corrected chi connectivity index (χ1v) is 9.62. The minimum atomic E-state index is -3.71. The van der Waals surface area contributed by atoms with E-state index in [0.29, 0.717) is 5.56 Å². The van der Waals surface area contributed by atoms with Gasteiger partial charge in [-0.1, -0.05) is 30.3 Å². The second kappa shape index (κ2) is 6.66. The fourth-order valence-corrected chi connectivity index (χ4v) is 4.23. The summed E-state index contributed by atoms with van der Waals surface area (Å²) < 4.78 is 29.1. The van der Waals surface area contributed by atoms with Gasteiger partial charge in [0.05, 0.1) is 12.4 Å². The minimum absolute atomic E-state index is 0.0439. The summed E-state index contributed by atoms with van der Waals surface area (Å²) in [6.45, 7) is 3.98. The van der Waals surface area contributed by atoms with Crippen molar-refractivity contribution in [1.29, 1.82) is 0 Å². The standard InChI is InChI=1S/C17H23N3O3S/c1-13(2)19-11-17(18-12-19)24(22,23)20(15-8-9-15)10-16(21)14-6-4-3-5-7-14/h3-7,11-13,15-16,21H,8-10H2,1-2H3/t16-/m1/s1. The Morgan fingerprint density at radius 3 is 2.50 bits per heavy atom. The van der Waals surface area contributed by atoms with Crippen LogP contribution in [0.25, 0.3) is 0 Å². The molecule has 1 saturated carbocycles. The number of imidazole rings is 1. The monoisotopic (exact) mass is 349 g/mol. The summed E-state index contributed by atoms with van der Waals surface area (Å²) in [4.78, 5) is 4.07. The third-order valence-electron chi connectivity index (χ3n) is 4.24. The summed E-state index contributed by atoms with van der Waals surface area (Å²) in [5.74, 6) is 0. The molecule has 1 aromatic carbocycles. The van der Waals surface area contributed by atoms with Crippen LogP contribution in [-0.4, -0.2) is 40.0 Å². The molecule has 7 heteroatoms. The zero-order valence-corrected chi connectivity index (χ0v) is 14.7. The molecule has 1 aliphatic rings. The molecule has 1 aromatic heterocycles. The Balaban J connectivity index is 1.84. The van der Waals surface area contributed by atoms with Gasteiger partial charge in [-0.25, -0.2) is 13.4 Å². The normalized spacial score (nSPS) is 16.7. The molecule has 0 spiro atoms. The Morgan fingerprint density at radius 2 is 1.96 bits per heavy atom. The first-order chi connectivity index (χ1) is 11.4. The van der Waals surface area contributed by atoms with E-state index >= 15 is 0 Å². The quantitative estimate of drug-likeness (QED) is 0.832. The summed E-state index contributed by atoms with van der Waals surface area (Å²) in [7, 11) is -3.71. The molecule has 0 amide bonds. The highest BCUT2D eigenvalue weighted by molar-refractivity contribution is 7.89. The average molecular weight is 349 g/mol. The van der Waals surface area contributed by atoms with Crippen LogP contribution < -0.4 is 0 Å². The van der Waals surface area contributed by atoms with Gasteiger partial charge in [0.15, 0.2) is 5.03 Å². The lowest BCUT2D eigenvalue weighted by atomic mass is 10.1. The van der Waals surface area contributed by atoms with Crippen LogP contribution in [-0.2, 0) is 10.0 Å². The summed E-state index contributed by atoms with van der Waals surface area (Å²) in [5, 5.41) is 10.5. The Labute approximate surface area is 142 Å². The molecular weight excluding hydrogens is 326 g/mol. The van der Waals surface area contributed by atoms with Crippen molar-refractivity contribution in [2.24, 2.45) is 0 Å². The van der Waals surface area contributed by atoms with Gasteiger partial charge in [0.2, 0.25) is 0 Å². The Bertz CT molecular complexity index is 782. The van der Waals surface area contributed by atoms with Crippen LogP contribution in [0.3, 0.4) is 0 Å². The molecule has 0 radical (unpaired) electrons. The molecule has 1 N–H and O–H groups in total. The van der Waals surface area contributed by atoms with Crippen LogP contribution in [0.2, 0.25) is 0 Å². The maximum atomic E-state index is 13.0. The van der Waals surface area contributed by atoms with Crippen LogP contribution in [0, 0.1) is 0 Å². The van der Waals surface area contributed by atoms with E-state index in [9.17, 15) is 13.5 Å². The molecule has 1 heterocycles. The van der Waals surface area contributed by atoms with Gasteiger partial charge in [0, 0.05) is 24.8 Å². The van der Waals surface area contributed by atoms with Crippen molar-refractivity contribution in [3.63, 3.8) is 0 Å². The Kier molecular flexibility index (Phi) is 4.76. The molecule has 24 heavy (non-hydrogen) atoms. The molecule has 130 valence electrons. The maximum absolute atomic E-state index is 13.0. The fourth-order valence-electron chi connectivity index (χ4n) is 2.61. The third-order valence-corrected chi connectivity index (χ3v) is 6.04. The van der Waals surface area contributed by atoms with Crippen molar-refractivity contribution in [2.45, 2.75) is 49.9 Å². The smallest absolute Gasteiger partial charge is 0.262 e. The summed E-state index contributed by atoms with van der Waals surface area (Å²) in [6.07, 6.45) is 3.89. The van der Waals surface area contributed by atoms with Gasteiger partial charge in [-0.05, 0) is 32.3 Å². The lowest BCUT2D eigenvalue weighted by Gasteiger charge is -2.23. The predicted molar refractivity (Wildman–Crippen MR) is 90.9 cm³/mol. The molecule has 1 fully saturated rings. The first-order valence-electron chi connectivity index (χ1n) is 8.18. The molecule has 0 aliphatic heterocycles. The number of rotatable bonds is 7. The molecule has 1 aliphatic carbocycles. The molecular formula is C17H23N3O3S. The highest BCUT2D eigenvalue weighted by Gasteiger charge is 2.40. The lowest BCUT2D eigenvalue weighted by molar-refractivity contribution is 0.145. The molecule has 1 atom stereocenters. The SMILES string of the molecule is CC(C)n1cnc(S(=O)(=O)N(C[C@@H](O)c2ccccc2)C2CC2)c1. The van der Waals surface area contributed by atoms with Gasteiger partial charge in [0.1, 0.15) is 0 Å². The number of nitrogens with zero attached hydrogens (tertiary/aromatic N) is 3. The fraction of sp³-hybridized carbons (Fsp3) is 0.471. The Morgan fingerprint density at radius 1 is 1.29 bits per heavy atom. The van der Waals surface area contributed by atoms with E-state index in [1.807, 2.05) is 32.0 Å². The van der Waals surface area contributed by atoms with Gasteiger partial charge in [-0.15, -0.1) is 0 Å². The van der Waals surface area contributed by atoms with Gasteiger partial charge < -0.3 is 9.67 Å². The zero-order valence-electron chi connectivity index (χ0n) is 13.9. The van der Waals surface area contributed by atoms with Crippen molar-refractivity contribution in [1.82, 2.24) is 13.9 Å². The van der Waals surface area contributed by atoms with Crippen LogP contribution in [0.15, 0.2) is 47.9 Å². The first kappa shape index (κ1) is 17.1. The number of aliphatic hydroxyl groups is 1. The van der Waals surface area contributed by atoms with E-state index in [2.05, 4.69) is 4.98 Å². The zero-order chi connectivity index (χ0) is 17.3. The van der Waals surface area contributed by atoms with Crippen molar-refractivity contribution < 1.29 is 13.5 Å². The summed E-state index contributed by atoms with van der Waals surface area (Å²) in [6, 6.07) is 9.23. The number of hydrogen-bond acceptors (Lipinski definition) is 4. The van der Waals surface area contributed by atoms with E-state index in [4.69, 9.17) is 0 Å². The molecule has 3 rings (SSSR count). The van der Waals surface area contributed by atoms with E-state index in [-0.39, 0.29) is 23.7 Å². The molecule has 0 bridgehead atoms. The van der Waals surface area contributed by atoms with Crippen molar-refractivity contribution in [2.75, 3.05) is 6.54 Å². The van der Waals surface area contributed by atoms with Gasteiger partial charge in [-0.2, -0.15) is 4.31 Å². The largest absolute Gasteiger partial charge is 0.387 e. The number of aliphatic hydroxyl groups excluding tert-OH is 1. The predicted octanol–water partition coefficient (Wildman–Crippen LogP) is 2.35. The van der Waals surface area contributed by atoms with Crippen LogP contribution in [0.4, 0.5) is 0 Å². The number of benzene rings is 1. The number of sulfonamides is 1. The van der Waals surface area contributed by atoms with Crippen LogP contribution in [0.5, 0.6) is 0 Å². The van der Waals surface area contributed by atoms with Gasteiger partial charge in [0.25, 0.3) is 10.0 Å². The molecule has 0 saturated heterocycles. The van der Waals surface area contributed by atoms with Crippen molar-refractivity contribution >= 4 is 10.0 Å². The second-order valence-corrected chi connectivity index (χ2v) is 8.32. The topological polar surface area (TPSA) is 75.4 Å². The van der Waals surface area contributed by atoms with Crippen LogP contribution >= 0.6 is 0 Å². The molecule has 6 nitrogen and oxygen atoms in total. The second-order valence-electron chi connectivity index (χ2n) is 6.49. The van der Waals surface area contributed by atoms with E-state index in [1.54, 1.807) is 22.9 Å². The third kappa shape index (κ3) is 3.53. The average Bonchev–Trinajstić information content (AvgIpc) is 3.26. The van der Waals surface area contributed by atoms with Crippen molar-refractivity contribution in [3.8, 4) is 0 Å². The van der Waals surface area contributed by atoms with Crippen LogP contribution in [0.1, 0.15) is 44.4 Å². The minimum Gasteiger partial charge on any atom is -0.387 e. The van der Waals surface area contributed by atoms with Gasteiger partial charge >= 0.3 is 0 Å².